The van der Waals surface area contributed by atoms with Crippen LogP contribution in [0.1, 0.15) is 43.3 Å². The first-order valence-corrected chi connectivity index (χ1v) is 9.17. The summed E-state index contributed by atoms with van der Waals surface area (Å²) >= 11 is 0. The highest BCUT2D eigenvalue weighted by Gasteiger charge is 2.33. The zero-order valence-electron chi connectivity index (χ0n) is 16.4. The Morgan fingerprint density at radius 2 is 1.65 bits per heavy atom. The summed E-state index contributed by atoms with van der Waals surface area (Å²) in [6, 6.07) is 0. The van der Waals surface area contributed by atoms with E-state index in [9.17, 15) is 9.90 Å². The van der Waals surface area contributed by atoms with E-state index >= 15 is 0 Å². The van der Waals surface area contributed by atoms with Crippen LogP contribution in [0, 0.1) is 20.8 Å². The first-order chi connectivity index (χ1) is 12.3. The number of rotatable bonds is 3. The quantitative estimate of drug-likeness (QED) is 0.673. The van der Waals surface area contributed by atoms with Crippen molar-refractivity contribution in [3.8, 4) is 0 Å². The number of hydrogen-bond donors (Lipinski definition) is 1. The van der Waals surface area contributed by atoms with Gasteiger partial charge in [0.2, 0.25) is 0 Å². The van der Waals surface area contributed by atoms with Crippen molar-refractivity contribution in [2.75, 3.05) is 13.1 Å². The molecule has 0 atom stereocenters. The monoisotopic (exact) mass is 350 g/mol. The lowest BCUT2D eigenvalue weighted by atomic mass is 9.79. The molecule has 0 aliphatic heterocycles. The molecule has 2 aliphatic rings. The summed E-state index contributed by atoms with van der Waals surface area (Å²) in [4.78, 5) is 16.0. The second-order valence-electron chi connectivity index (χ2n) is 6.95. The topological polar surface area (TPSA) is 58.9 Å². The molecule has 0 fully saturated rings. The average Bonchev–Trinajstić information content (AvgIpc) is 2.85. The molecule has 0 spiro atoms. The van der Waals surface area contributed by atoms with Gasteiger partial charge in [0, 0.05) is 29.0 Å². The Kier molecular flexibility index (Phi) is 4.61. The zero-order valence-corrected chi connectivity index (χ0v) is 16.4. The summed E-state index contributed by atoms with van der Waals surface area (Å²) in [6.07, 6.45) is 5.96. The predicted molar refractivity (Wildman–Crippen MR) is 103 cm³/mol. The average molecular weight is 350 g/mol. The van der Waals surface area contributed by atoms with E-state index < -0.39 is 0 Å². The molecule has 0 unspecified atom stereocenters. The summed E-state index contributed by atoms with van der Waals surface area (Å²) in [6.45, 7) is 13.9. The van der Waals surface area contributed by atoms with Crippen LogP contribution in [-0.4, -0.2) is 34.1 Å². The lowest BCUT2D eigenvalue weighted by Gasteiger charge is -2.33. The molecule has 1 heterocycles. The van der Waals surface area contributed by atoms with Gasteiger partial charge in [-0.2, -0.15) is 0 Å². The second kappa shape index (κ2) is 6.60. The Hall–Kier alpha value is -2.62. The maximum atomic E-state index is 12.8. The number of nitrogens with zero attached hydrogens (tertiary/aromatic N) is 1. The number of aromatic nitrogens is 1. The van der Waals surface area contributed by atoms with Gasteiger partial charge < -0.3 is 10.1 Å². The smallest absolute Gasteiger partial charge is 0.200 e. The molecule has 26 heavy (non-hydrogen) atoms. The Morgan fingerprint density at radius 1 is 1.00 bits per heavy atom. The van der Waals surface area contributed by atoms with Crippen molar-refractivity contribution in [1.29, 1.82) is 0 Å². The highest BCUT2D eigenvalue weighted by atomic mass is 16.3. The molecule has 0 radical (unpaired) electrons. The number of carbonyl (C=O) groups excluding carboxylic acids is 1. The number of ketones is 1. The number of aryl methyl sites for hydroxylation is 1. The van der Waals surface area contributed by atoms with Crippen molar-refractivity contribution in [3.63, 3.8) is 0 Å². The standard InChI is InChI=1S/C22H26N2O2/c1-7-24(8-2)16-9-10-17(12(3)11-16)18-21(25)19(22(18)26)20-14(5)13(4)15(6)23-20/h9-11H,7-8H2,1-6H3,(H,25,26). The van der Waals surface area contributed by atoms with Gasteiger partial charge in [0.25, 0.3) is 0 Å². The van der Waals surface area contributed by atoms with Gasteiger partial charge >= 0.3 is 0 Å². The molecular formula is C22H26N2O2. The number of Topliss-reactive ketones (excluding diaryl/α,β-unsaturated/α-hetero) is 1. The fourth-order valence-electron chi connectivity index (χ4n) is 3.67. The molecule has 1 N–H and O–H groups in total. The number of carbonyl (C=O) groups is 1. The Bertz CT molecular complexity index is 957. The molecule has 4 heteroatoms. The molecule has 136 valence electrons. The summed E-state index contributed by atoms with van der Waals surface area (Å²) in [7, 11) is 0. The van der Waals surface area contributed by atoms with E-state index in [1.54, 1.807) is 0 Å². The summed E-state index contributed by atoms with van der Waals surface area (Å²) in [5.41, 5.74) is 7.18. The summed E-state index contributed by atoms with van der Waals surface area (Å²) in [5, 5.41) is 12.8. The van der Waals surface area contributed by atoms with Gasteiger partial charge in [0.05, 0.1) is 5.69 Å². The van der Waals surface area contributed by atoms with Gasteiger partial charge in [0.1, 0.15) is 13.1 Å². The minimum atomic E-state index is -0.155. The summed E-state index contributed by atoms with van der Waals surface area (Å²) in [5.74, 6) is -0.309. The van der Waals surface area contributed by atoms with E-state index in [-0.39, 0.29) is 11.5 Å². The van der Waals surface area contributed by atoms with Gasteiger partial charge in [-0.15, -0.1) is 0 Å². The summed E-state index contributed by atoms with van der Waals surface area (Å²) < 4.78 is 2.25. The van der Waals surface area contributed by atoms with Crippen molar-refractivity contribution < 1.29 is 14.5 Å². The van der Waals surface area contributed by atoms with Crippen molar-refractivity contribution in [1.82, 2.24) is 4.98 Å². The first-order valence-electron chi connectivity index (χ1n) is 9.17. The number of nitrogens with one attached hydrogen (secondary N) is 1. The van der Waals surface area contributed by atoms with Gasteiger partial charge in [-0.25, -0.2) is 4.58 Å². The molecule has 0 amide bonds. The van der Waals surface area contributed by atoms with E-state index in [1.807, 2.05) is 39.8 Å². The maximum Gasteiger partial charge on any atom is 0.200 e. The zero-order chi connectivity index (χ0) is 19.2. The van der Waals surface area contributed by atoms with Gasteiger partial charge in [-0.3, -0.25) is 4.79 Å². The van der Waals surface area contributed by atoms with Crippen LogP contribution < -0.4 is 5.11 Å². The van der Waals surface area contributed by atoms with Crippen LogP contribution >= 0.6 is 0 Å². The molecule has 1 aromatic heterocycles. The maximum absolute atomic E-state index is 12.8. The molecule has 3 rings (SSSR count). The molecule has 4 nitrogen and oxygen atoms in total. The third kappa shape index (κ3) is 2.61. The molecule has 0 aromatic carbocycles. The minimum Gasteiger partial charge on any atom is -0.871 e. The van der Waals surface area contributed by atoms with Crippen LogP contribution in [0.25, 0.3) is 5.57 Å². The fourth-order valence-corrected chi connectivity index (χ4v) is 3.67. The van der Waals surface area contributed by atoms with Crippen LogP contribution in [0.3, 0.4) is 0 Å². The first kappa shape index (κ1) is 18.2. The predicted octanol–water partition coefficient (Wildman–Crippen LogP) is 2.90. The number of allylic oxidation sites excluding steroid dienone is 7. The van der Waals surface area contributed by atoms with E-state index in [2.05, 4.69) is 29.5 Å². The lowest BCUT2D eigenvalue weighted by molar-refractivity contribution is -0.519. The van der Waals surface area contributed by atoms with Crippen molar-refractivity contribution in [2.45, 2.75) is 41.5 Å². The SMILES string of the molecule is CC[N+](CC)=C1C=C/C(=C2\C(=O)C(c3[nH]c(C)c(C)c3C)=C2[O-])C(C)=C1. The van der Waals surface area contributed by atoms with Gasteiger partial charge in [0.15, 0.2) is 11.5 Å². The van der Waals surface area contributed by atoms with Crippen LogP contribution in [0.2, 0.25) is 0 Å². The van der Waals surface area contributed by atoms with Crippen molar-refractivity contribution in [2.24, 2.45) is 0 Å². The van der Waals surface area contributed by atoms with Crippen molar-refractivity contribution >= 4 is 17.1 Å². The van der Waals surface area contributed by atoms with Gasteiger partial charge in [-0.1, -0.05) is 5.76 Å². The second-order valence-corrected chi connectivity index (χ2v) is 6.95. The fraction of sp³-hybridized carbons (Fsp3) is 0.364. The Labute approximate surface area is 155 Å². The van der Waals surface area contributed by atoms with E-state index in [0.717, 1.165) is 46.8 Å². The molecular weight excluding hydrogens is 324 g/mol. The van der Waals surface area contributed by atoms with E-state index in [4.69, 9.17) is 0 Å². The van der Waals surface area contributed by atoms with Crippen LogP contribution in [0.15, 0.2) is 40.7 Å². The molecule has 1 aromatic rings. The number of hydrogen-bond acceptors (Lipinski definition) is 2. The normalized spacial score (nSPS) is 19.8. The molecule has 0 saturated carbocycles. The van der Waals surface area contributed by atoms with Crippen LogP contribution in [0.4, 0.5) is 0 Å². The Balaban J connectivity index is 2.07. The largest absolute Gasteiger partial charge is 0.871 e. The highest BCUT2D eigenvalue weighted by Crippen LogP contribution is 2.40. The number of H-pyrrole nitrogens is 1. The van der Waals surface area contributed by atoms with Crippen LogP contribution in [-0.2, 0) is 4.79 Å². The van der Waals surface area contributed by atoms with E-state index in [0.29, 0.717) is 16.8 Å². The molecule has 0 bridgehead atoms. The number of aromatic amines is 1. The molecule has 0 saturated heterocycles. The van der Waals surface area contributed by atoms with Crippen LogP contribution in [0.5, 0.6) is 0 Å². The third-order valence-corrected chi connectivity index (χ3v) is 5.58. The van der Waals surface area contributed by atoms with Crippen molar-refractivity contribution in [3.05, 3.63) is 63.2 Å². The third-order valence-electron chi connectivity index (χ3n) is 5.58. The molecule has 2 aliphatic carbocycles. The lowest BCUT2D eigenvalue weighted by Crippen LogP contribution is -2.31. The minimum absolute atomic E-state index is 0.155. The van der Waals surface area contributed by atoms with Gasteiger partial charge in [-0.05, 0) is 69.9 Å². The Morgan fingerprint density at radius 3 is 2.12 bits per heavy atom. The van der Waals surface area contributed by atoms with E-state index in [1.165, 1.54) is 0 Å². The highest BCUT2D eigenvalue weighted by molar-refractivity contribution is 6.39.